The van der Waals surface area contributed by atoms with Crippen LogP contribution in [0.25, 0.3) is 34.2 Å². The molecule has 0 saturated carbocycles. The van der Waals surface area contributed by atoms with Gasteiger partial charge in [0.2, 0.25) is 0 Å². The molecule has 4 aromatic rings. The number of carbonyl (C=O) groups excluding carboxylic acids is 2. The van der Waals surface area contributed by atoms with Crippen LogP contribution in [-0.4, -0.2) is 73.7 Å². The van der Waals surface area contributed by atoms with Crippen LogP contribution in [0.15, 0.2) is 54.6 Å². The quantitative estimate of drug-likeness (QED) is 0.110. The molecule has 0 aliphatic rings. The smallest absolute Gasteiger partial charge is 0.347 e. The normalized spacial score (nSPS) is 12.2. The maximum Gasteiger partial charge on any atom is 0.347 e. The van der Waals surface area contributed by atoms with Gasteiger partial charge in [0.05, 0.1) is 30.9 Å². The Morgan fingerprint density at radius 1 is 0.604 bits per heavy atom. The zero-order valence-corrected chi connectivity index (χ0v) is 27.2. The summed E-state index contributed by atoms with van der Waals surface area (Å²) in [5.41, 5.74) is 0.459. The number of nitrogens with zero attached hydrogens (tertiary/aromatic N) is 3. The number of unbranched alkanes of at least 4 members (excludes halogenated alkanes) is 2. The average Bonchev–Trinajstić information content (AvgIpc) is 3.07. The second-order valence-electron chi connectivity index (χ2n) is 10.9. The van der Waals surface area contributed by atoms with Crippen LogP contribution in [0.1, 0.15) is 52.4 Å². The Kier molecular flexibility index (Phi) is 12.0. The molecule has 0 saturated heterocycles. The molecule has 0 radical (unpaired) electrons. The highest BCUT2D eigenvalue weighted by Crippen LogP contribution is 2.38. The van der Waals surface area contributed by atoms with Gasteiger partial charge in [-0.2, -0.15) is 0 Å². The average molecular weight is 662 g/mol. The largest absolute Gasteiger partial charge is 0.508 e. The van der Waals surface area contributed by atoms with Gasteiger partial charge in [-0.05, 0) is 62.1 Å². The van der Waals surface area contributed by atoms with Crippen molar-refractivity contribution in [2.45, 2.75) is 64.6 Å². The van der Waals surface area contributed by atoms with Gasteiger partial charge in [0, 0.05) is 18.2 Å². The van der Waals surface area contributed by atoms with Crippen molar-refractivity contribution in [3.63, 3.8) is 0 Å². The van der Waals surface area contributed by atoms with E-state index in [2.05, 4.69) is 15.0 Å². The van der Waals surface area contributed by atoms with Crippen molar-refractivity contribution in [2.24, 2.45) is 0 Å². The number of phenolic OH excluding ortho intramolecular Hbond substituents is 4. The summed E-state index contributed by atoms with van der Waals surface area (Å²) in [6, 6.07) is 12.6. The van der Waals surface area contributed by atoms with E-state index < -0.39 is 24.1 Å². The van der Waals surface area contributed by atoms with Crippen molar-refractivity contribution in [1.29, 1.82) is 0 Å². The fourth-order valence-electron chi connectivity index (χ4n) is 4.81. The third kappa shape index (κ3) is 8.60. The number of aromatic hydroxyl groups is 4. The Labute approximate surface area is 277 Å². The third-order valence-electron chi connectivity index (χ3n) is 7.40. The molecule has 0 spiro atoms. The number of methoxy groups -OCH3 is 2. The predicted molar refractivity (Wildman–Crippen MR) is 175 cm³/mol. The SMILES string of the molecule is CCCCC(Oc1ccc(-c2nc(-c3ccc(O)cc3O)nc(-c3ccc(OC(CCCC)C(=O)OC)cc3O)n2)c(O)c1)C(=O)OC. The van der Waals surface area contributed by atoms with Crippen molar-refractivity contribution in [2.75, 3.05) is 14.2 Å². The first kappa shape index (κ1) is 35.3. The van der Waals surface area contributed by atoms with E-state index in [0.717, 1.165) is 31.7 Å². The van der Waals surface area contributed by atoms with Gasteiger partial charge in [0.25, 0.3) is 0 Å². The molecule has 4 N–H and O–H groups in total. The molecule has 254 valence electrons. The lowest BCUT2D eigenvalue weighted by Crippen LogP contribution is -2.28. The fraction of sp³-hybridized carbons (Fsp3) is 0.343. The van der Waals surface area contributed by atoms with Gasteiger partial charge >= 0.3 is 11.9 Å². The minimum atomic E-state index is -0.863. The molecule has 1 aromatic heterocycles. The molecule has 1 heterocycles. The molecular formula is C35H39N3O10. The molecule has 2 unspecified atom stereocenters. The number of ether oxygens (including phenoxy) is 4. The molecule has 3 aromatic carbocycles. The van der Waals surface area contributed by atoms with E-state index in [1.165, 1.54) is 62.8 Å². The summed E-state index contributed by atoms with van der Waals surface area (Å²) < 4.78 is 21.4. The standard InChI is InChI=1S/C35H39N3O10/c1-5-7-9-29(34(43)45-3)47-21-12-15-24(27(41)18-21)32-36-31(23-14-11-20(39)17-26(23)40)37-33(38-32)25-16-13-22(19-28(25)42)48-30(10-8-6-2)35(44)46-4/h11-19,29-30,39-42H,5-10H2,1-4H3. The van der Waals surface area contributed by atoms with E-state index in [0.29, 0.717) is 12.8 Å². The molecule has 48 heavy (non-hydrogen) atoms. The van der Waals surface area contributed by atoms with Crippen LogP contribution in [0.3, 0.4) is 0 Å². The summed E-state index contributed by atoms with van der Waals surface area (Å²) in [7, 11) is 2.55. The third-order valence-corrected chi connectivity index (χ3v) is 7.40. The molecule has 0 aliphatic heterocycles. The van der Waals surface area contributed by atoms with Gasteiger partial charge in [-0.3, -0.25) is 0 Å². The van der Waals surface area contributed by atoms with Gasteiger partial charge in [0.15, 0.2) is 29.7 Å². The first-order valence-electron chi connectivity index (χ1n) is 15.5. The number of hydrogen-bond donors (Lipinski definition) is 4. The molecule has 0 bridgehead atoms. The lowest BCUT2D eigenvalue weighted by molar-refractivity contribution is -0.149. The Morgan fingerprint density at radius 2 is 0.979 bits per heavy atom. The lowest BCUT2D eigenvalue weighted by Gasteiger charge is -2.18. The molecule has 4 rings (SSSR count). The topological polar surface area (TPSA) is 191 Å². The van der Waals surface area contributed by atoms with Gasteiger partial charge in [-0.1, -0.05) is 26.7 Å². The van der Waals surface area contributed by atoms with E-state index in [1.807, 2.05) is 13.8 Å². The zero-order chi connectivity index (χ0) is 34.8. The highest BCUT2D eigenvalue weighted by molar-refractivity contribution is 5.77. The van der Waals surface area contributed by atoms with Crippen LogP contribution in [0, 0.1) is 0 Å². The van der Waals surface area contributed by atoms with Crippen LogP contribution in [-0.2, 0) is 19.1 Å². The Bertz CT molecular complexity index is 1650. The number of hydrogen-bond acceptors (Lipinski definition) is 13. The van der Waals surface area contributed by atoms with Crippen LogP contribution < -0.4 is 9.47 Å². The number of aromatic nitrogens is 3. The predicted octanol–water partition coefficient (Wildman–Crippen LogP) is 5.92. The number of carbonyl (C=O) groups is 2. The van der Waals surface area contributed by atoms with E-state index in [9.17, 15) is 30.0 Å². The first-order chi connectivity index (χ1) is 23.1. The lowest BCUT2D eigenvalue weighted by atomic mass is 10.1. The Morgan fingerprint density at radius 3 is 1.31 bits per heavy atom. The summed E-state index contributed by atoms with van der Waals surface area (Å²) in [4.78, 5) is 38.0. The van der Waals surface area contributed by atoms with E-state index in [-0.39, 0.29) is 68.7 Å². The van der Waals surface area contributed by atoms with Crippen molar-refractivity contribution >= 4 is 11.9 Å². The van der Waals surface area contributed by atoms with Gasteiger partial charge < -0.3 is 39.4 Å². The van der Waals surface area contributed by atoms with E-state index in [1.54, 1.807) is 0 Å². The zero-order valence-electron chi connectivity index (χ0n) is 27.2. The molecule has 0 aliphatic carbocycles. The van der Waals surface area contributed by atoms with Gasteiger partial charge in [-0.25, -0.2) is 24.5 Å². The fourth-order valence-corrected chi connectivity index (χ4v) is 4.81. The van der Waals surface area contributed by atoms with Gasteiger partial charge in [0.1, 0.15) is 34.5 Å². The molecule has 2 atom stereocenters. The molecule has 0 amide bonds. The first-order valence-corrected chi connectivity index (χ1v) is 15.5. The summed E-state index contributed by atoms with van der Waals surface area (Å²) in [5.74, 6) is -1.77. The second-order valence-corrected chi connectivity index (χ2v) is 10.9. The second kappa shape index (κ2) is 16.3. The van der Waals surface area contributed by atoms with Crippen LogP contribution in [0.5, 0.6) is 34.5 Å². The number of rotatable bonds is 15. The van der Waals surface area contributed by atoms with Crippen molar-refractivity contribution in [3.05, 3.63) is 54.6 Å². The van der Waals surface area contributed by atoms with Crippen molar-refractivity contribution in [3.8, 4) is 68.7 Å². The summed E-state index contributed by atoms with van der Waals surface area (Å²) in [5, 5.41) is 42.6. The minimum absolute atomic E-state index is 0.0212. The monoisotopic (exact) mass is 661 g/mol. The van der Waals surface area contributed by atoms with Crippen LogP contribution >= 0.6 is 0 Å². The molecule has 13 nitrogen and oxygen atoms in total. The summed E-state index contributed by atoms with van der Waals surface area (Å²) in [6.45, 7) is 3.97. The number of phenols is 4. The summed E-state index contributed by atoms with van der Waals surface area (Å²) in [6.07, 6.45) is 2.29. The maximum absolute atomic E-state index is 12.3. The van der Waals surface area contributed by atoms with Gasteiger partial charge in [-0.15, -0.1) is 0 Å². The van der Waals surface area contributed by atoms with Crippen molar-refractivity contribution in [1.82, 2.24) is 15.0 Å². The highest BCUT2D eigenvalue weighted by atomic mass is 16.6. The molecule has 0 fully saturated rings. The minimum Gasteiger partial charge on any atom is -0.508 e. The molecular weight excluding hydrogens is 622 g/mol. The van der Waals surface area contributed by atoms with Crippen molar-refractivity contribution < 1.29 is 49.0 Å². The molecule has 13 heteroatoms. The maximum atomic E-state index is 12.3. The Balaban J connectivity index is 1.76. The number of benzene rings is 3. The Hall–Kier alpha value is -5.59. The van der Waals surface area contributed by atoms with Crippen LogP contribution in [0.4, 0.5) is 0 Å². The van der Waals surface area contributed by atoms with E-state index in [4.69, 9.17) is 18.9 Å². The number of esters is 2. The van der Waals surface area contributed by atoms with Crippen LogP contribution in [0.2, 0.25) is 0 Å². The summed E-state index contributed by atoms with van der Waals surface area (Å²) >= 11 is 0. The van der Waals surface area contributed by atoms with E-state index >= 15 is 0 Å². The highest BCUT2D eigenvalue weighted by Gasteiger charge is 2.24.